The molecule has 0 aromatic heterocycles. The van der Waals surface area contributed by atoms with Crippen molar-refractivity contribution in [2.24, 2.45) is 5.92 Å². The van der Waals surface area contributed by atoms with Gasteiger partial charge in [-0.2, -0.15) is 0 Å². The van der Waals surface area contributed by atoms with Gasteiger partial charge in [0.15, 0.2) is 0 Å². The number of carbonyl (C=O) groups is 2. The standard InChI is InChI=1S/C12H21NO3/c14-11(15)9-13-12(16)10-7-5-3-1-2-4-6-8-10/h10H,1-9H2,(H,13,16)(H,14,15). The Morgan fingerprint density at radius 1 is 1.00 bits per heavy atom. The second-order valence-corrected chi connectivity index (χ2v) is 4.51. The van der Waals surface area contributed by atoms with Crippen LogP contribution >= 0.6 is 0 Å². The first kappa shape index (κ1) is 13.0. The van der Waals surface area contributed by atoms with E-state index in [-0.39, 0.29) is 18.4 Å². The quantitative estimate of drug-likeness (QED) is 0.774. The van der Waals surface area contributed by atoms with Gasteiger partial charge >= 0.3 is 5.97 Å². The highest BCUT2D eigenvalue weighted by atomic mass is 16.4. The molecule has 0 aliphatic heterocycles. The molecule has 92 valence electrons. The summed E-state index contributed by atoms with van der Waals surface area (Å²) in [6.07, 6.45) is 8.92. The van der Waals surface area contributed by atoms with Crippen LogP contribution in [0.25, 0.3) is 0 Å². The van der Waals surface area contributed by atoms with Crippen molar-refractivity contribution in [2.45, 2.75) is 51.4 Å². The first-order chi connectivity index (χ1) is 7.70. The van der Waals surface area contributed by atoms with Crippen molar-refractivity contribution in [2.75, 3.05) is 6.54 Å². The van der Waals surface area contributed by atoms with Gasteiger partial charge in [-0.15, -0.1) is 0 Å². The lowest BCUT2D eigenvalue weighted by Gasteiger charge is -2.14. The maximum absolute atomic E-state index is 11.7. The normalized spacial score (nSPS) is 19.2. The van der Waals surface area contributed by atoms with Crippen LogP contribution in [0.1, 0.15) is 51.4 Å². The fraction of sp³-hybridized carbons (Fsp3) is 0.833. The third kappa shape index (κ3) is 5.14. The van der Waals surface area contributed by atoms with Gasteiger partial charge in [-0.05, 0) is 12.8 Å². The molecule has 16 heavy (non-hydrogen) atoms. The van der Waals surface area contributed by atoms with E-state index in [0.717, 1.165) is 25.7 Å². The minimum Gasteiger partial charge on any atom is -0.480 e. The van der Waals surface area contributed by atoms with Gasteiger partial charge < -0.3 is 10.4 Å². The number of carbonyl (C=O) groups excluding carboxylic acids is 1. The van der Waals surface area contributed by atoms with Crippen molar-refractivity contribution in [3.63, 3.8) is 0 Å². The van der Waals surface area contributed by atoms with Gasteiger partial charge in [-0.3, -0.25) is 9.59 Å². The molecule has 0 heterocycles. The minimum absolute atomic E-state index is 0.0254. The average molecular weight is 227 g/mol. The second kappa shape index (κ2) is 7.25. The Morgan fingerprint density at radius 2 is 1.50 bits per heavy atom. The number of nitrogens with one attached hydrogen (secondary N) is 1. The first-order valence-corrected chi connectivity index (χ1v) is 6.19. The molecule has 1 amide bonds. The minimum atomic E-state index is -0.976. The fourth-order valence-corrected chi connectivity index (χ4v) is 2.20. The van der Waals surface area contributed by atoms with Crippen LogP contribution < -0.4 is 5.32 Å². The van der Waals surface area contributed by atoms with E-state index in [0.29, 0.717) is 0 Å². The molecule has 0 radical (unpaired) electrons. The molecule has 0 aromatic rings. The summed E-state index contributed by atoms with van der Waals surface area (Å²) in [6, 6.07) is 0. The van der Waals surface area contributed by atoms with E-state index in [2.05, 4.69) is 5.32 Å². The molecule has 0 bridgehead atoms. The van der Waals surface area contributed by atoms with Crippen molar-refractivity contribution in [3.05, 3.63) is 0 Å². The van der Waals surface area contributed by atoms with Gasteiger partial charge in [0.25, 0.3) is 0 Å². The van der Waals surface area contributed by atoms with E-state index < -0.39 is 5.97 Å². The molecule has 2 N–H and O–H groups in total. The summed E-state index contributed by atoms with van der Waals surface area (Å²) in [5, 5.41) is 11.0. The number of carboxylic acid groups (broad SMARTS) is 1. The van der Waals surface area contributed by atoms with E-state index in [4.69, 9.17) is 5.11 Å². The molecule has 1 aliphatic rings. The number of carboxylic acids is 1. The van der Waals surface area contributed by atoms with Crippen molar-refractivity contribution >= 4 is 11.9 Å². The van der Waals surface area contributed by atoms with Crippen LogP contribution in [0, 0.1) is 5.92 Å². The summed E-state index contributed by atoms with van der Waals surface area (Å²) < 4.78 is 0. The average Bonchev–Trinajstić information content (AvgIpc) is 2.38. The third-order valence-corrected chi connectivity index (χ3v) is 3.14. The summed E-state index contributed by atoms with van der Waals surface area (Å²) in [5.41, 5.74) is 0. The summed E-state index contributed by atoms with van der Waals surface area (Å²) >= 11 is 0. The van der Waals surface area contributed by atoms with Crippen molar-refractivity contribution < 1.29 is 14.7 Å². The smallest absolute Gasteiger partial charge is 0.322 e. The first-order valence-electron chi connectivity index (χ1n) is 6.19. The Bertz CT molecular complexity index is 230. The summed E-state index contributed by atoms with van der Waals surface area (Å²) in [7, 11) is 0. The zero-order valence-corrected chi connectivity index (χ0v) is 9.71. The van der Waals surface area contributed by atoms with Gasteiger partial charge in [0.05, 0.1) is 0 Å². The third-order valence-electron chi connectivity index (χ3n) is 3.14. The van der Waals surface area contributed by atoms with Crippen molar-refractivity contribution in [3.8, 4) is 0 Å². The predicted octanol–water partition coefficient (Wildman–Crippen LogP) is 1.94. The van der Waals surface area contributed by atoms with Crippen molar-refractivity contribution in [1.82, 2.24) is 5.32 Å². The molecule has 1 rings (SSSR count). The molecule has 0 aromatic carbocycles. The number of amides is 1. The highest BCUT2D eigenvalue weighted by Crippen LogP contribution is 2.21. The molecule has 0 atom stereocenters. The largest absolute Gasteiger partial charge is 0.480 e. The fourth-order valence-electron chi connectivity index (χ4n) is 2.20. The maximum atomic E-state index is 11.7. The van der Waals surface area contributed by atoms with Crippen molar-refractivity contribution in [1.29, 1.82) is 0 Å². The Morgan fingerprint density at radius 3 is 2.00 bits per heavy atom. The molecular weight excluding hydrogens is 206 g/mol. The lowest BCUT2D eigenvalue weighted by atomic mass is 9.96. The Balaban J connectivity index is 2.35. The molecule has 1 fully saturated rings. The highest BCUT2D eigenvalue weighted by Gasteiger charge is 2.18. The van der Waals surface area contributed by atoms with Gasteiger partial charge in [0, 0.05) is 5.92 Å². The van der Waals surface area contributed by atoms with Crippen LogP contribution in [0.3, 0.4) is 0 Å². The molecular formula is C12H21NO3. The van der Waals surface area contributed by atoms with Gasteiger partial charge in [0.2, 0.25) is 5.91 Å². The SMILES string of the molecule is O=C(O)CNC(=O)C1CCCCCCCC1. The maximum Gasteiger partial charge on any atom is 0.322 e. The monoisotopic (exact) mass is 227 g/mol. The molecule has 0 spiro atoms. The van der Waals surface area contributed by atoms with Gasteiger partial charge in [-0.25, -0.2) is 0 Å². The van der Waals surface area contributed by atoms with E-state index >= 15 is 0 Å². The Kier molecular flexibility index (Phi) is 5.90. The topological polar surface area (TPSA) is 66.4 Å². The highest BCUT2D eigenvalue weighted by molar-refractivity contribution is 5.82. The van der Waals surface area contributed by atoms with Gasteiger partial charge in [0.1, 0.15) is 6.54 Å². The number of aliphatic carboxylic acids is 1. The number of rotatable bonds is 3. The second-order valence-electron chi connectivity index (χ2n) is 4.51. The number of hydrogen-bond acceptors (Lipinski definition) is 2. The molecule has 1 saturated carbocycles. The van der Waals surface area contributed by atoms with Crippen LogP contribution in [0.5, 0.6) is 0 Å². The molecule has 1 aliphatic carbocycles. The van der Waals surface area contributed by atoms with Crippen LogP contribution in [0.4, 0.5) is 0 Å². The lowest BCUT2D eigenvalue weighted by molar-refractivity contribution is -0.138. The van der Waals surface area contributed by atoms with Crippen LogP contribution in [0.15, 0.2) is 0 Å². The van der Waals surface area contributed by atoms with Crippen LogP contribution in [-0.2, 0) is 9.59 Å². The Hall–Kier alpha value is -1.06. The zero-order valence-electron chi connectivity index (χ0n) is 9.71. The summed E-state index contributed by atoms with van der Waals surface area (Å²) in [6.45, 7) is -0.255. The molecule has 4 heteroatoms. The predicted molar refractivity (Wildman–Crippen MR) is 61.1 cm³/mol. The van der Waals surface area contributed by atoms with Crippen LogP contribution in [-0.4, -0.2) is 23.5 Å². The van der Waals surface area contributed by atoms with Gasteiger partial charge in [-0.1, -0.05) is 38.5 Å². The van der Waals surface area contributed by atoms with E-state index in [1.807, 2.05) is 0 Å². The zero-order chi connectivity index (χ0) is 11.8. The van der Waals surface area contributed by atoms with E-state index in [1.165, 1.54) is 25.7 Å². The van der Waals surface area contributed by atoms with E-state index in [1.54, 1.807) is 0 Å². The molecule has 4 nitrogen and oxygen atoms in total. The molecule has 0 unspecified atom stereocenters. The summed E-state index contributed by atoms with van der Waals surface area (Å²) in [4.78, 5) is 22.1. The Labute approximate surface area is 96.4 Å². The lowest BCUT2D eigenvalue weighted by Crippen LogP contribution is -2.34. The summed E-state index contributed by atoms with van der Waals surface area (Å²) in [5.74, 6) is -1.03. The van der Waals surface area contributed by atoms with E-state index in [9.17, 15) is 9.59 Å². The number of hydrogen-bond donors (Lipinski definition) is 2. The van der Waals surface area contributed by atoms with Crippen LogP contribution in [0.2, 0.25) is 0 Å². The molecule has 0 saturated heterocycles.